The van der Waals surface area contributed by atoms with Crippen molar-refractivity contribution >= 4 is 28.3 Å². The molecule has 0 fully saturated rings. The van der Waals surface area contributed by atoms with E-state index < -0.39 is 0 Å². The van der Waals surface area contributed by atoms with Crippen LogP contribution in [-0.4, -0.2) is 15.9 Å². The highest BCUT2D eigenvalue weighted by atomic mass is 16.1. The molecule has 3 aromatic carbocycles. The Kier molecular flexibility index (Phi) is 3.67. The second kappa shape index (κ2) is 6.13. The van der Waals surface area contributed by atoms with Gasteiger partial charge in [0.2, 0.25) is 0 Å². The molecule has 0 saturated heterocycles. The Balaban J connectivity index is 1.64. The summed E-state index contributed by atoms with van der Waals surface area (Å²) in [7, 11) is 0. The molecule has 5 heteroatoms. The van der Waals surface area contributed by atoms with Gasteiger partial charge >= 0.3 is 0 Å². The number of imidazole rings is 1. The molecule has 0 bridgehead atoms. The normalized spacial score (nSPS) is 10.7. The maximum atomic E-state index is 12.4. The highest BCUT2D eigenvalue weighted by Crippen LogP contribution is 2.22. The number of aromatic nitrogens is 2. The fourth-order valence-electron chi connectivity index (χ4n) is 2.65. The van der Waals surface area contributed by atoms with Crippen molar-refractivity contribution in [2.45, 2.75) is 0 Å². The van der Waals surface area contributed by atoms with Crippen LogP contribution in [0.3, 0.4) is 0 Å². The lowest BCUT2D eigenvalue weighted by atomic mass is 10.2. The number of carbonyl (C=O) groups excluding carboxylic acids is 1. The number of hydrogen-bond acceptors (Lipinski definition) is 3. The SMILES string of the molecule is Nc1ccc(-c2nc3ccc(C(=O)Nc4ccccc4)cc3[nH]2)cc1. The Labute approximate surface area is 144 Å². The average Bonchev–Trinajstić information content (AvgIpc) is 3.06. The van der Waals surface area contributed by atoms with Gasteiger partial charge in [-0.2, -0.15) is 0 Å². The number of fused-ring (bicyclic) bond motifs is 1. The number of para-hydroxylation sites is 1. The molecule has 25 heavy (non-hydrogen) atoms. The minimum absolute atomic E-state index is 0.156. The van der Waals surface area contributed by atoms with Gasteiger partial charge in [-0.25, -0.2) is 4.98 Å². The predicted molar refractivity (Wildman–Crippen MR) is 100 cm³/mol. The summed E-state index contributed by atoms with van der Waals surface area (Å²) in [5.74, 6) is 0.590. The first-order valence-electron chi connectivity index (χ1n) is 7.91. The van der Waals surface area contributed by atoms with Crippen molar-refractivity contribution < 1.29 is 4.79 Å². The van der Waals surface area contributed by atoms with Gasteiger partial charge in [-0.05, 0) is 54.6 Å². The Bertz CT molecular complexity index is 1040. The van der Waals surface area contributed by atoms with Crippen LogP contribution in [0, 0.1) is 0 Å². The Hall–Kier alpha value is -3.60. The molecule has 0 unspecified atom stereocenters. The molecule has 1 amide bonds. The predicted octanol–water partition coefficient (Wildman–Crippen LogP) is 4.06. The summed E-state index contributed by atoms with van der Waals surface area (Å²) in [6.45, 7) is 0. The first-order valence-corrected chi connectivity index (χ1v) is 7.91. The third-order valence-corrected chi connectivity index (χ3v) is 3.96. The van der Waals surface area contributed by atoms with E-state index in [0.717, 1.165) is 28.1 Å². The van der Waals surface area contributed by atoms with Crippen molar-refractivity contribution in [3.63, 3.8) is 0 Å². The van der Waals surface area contributed by atoms with Crippen molar-refractivity contribution in [1.82, 2.24) is 9.97 Å². The highest BCUT2D eigenvalue weighted by Gasteiger charge is 2.10. The van der Waals surface area contributed by atoms with E-state index in [9.17, 15) is 4.79 Å². The number of nitrogens with two attached hydrogens (primary N) is 1. The van der Waals surface area contributed by atoms with Crippen LogP contribution in [0.1, 0.15) is 10.4 Å². The Morgan fingerprint density at radius 2 is 1.72 bits per heavy atom. The number of anilines is 2. The zero-order valence-corrected chi connectivity index (χ0v) is 13.4. The lowest BCUT2D eigenvalue weighted by Gasteiger charge is -2.04. The van der Waals surface area contributed by atoms with E-state index >= 15 is 0 Å². The van der Waals surface area contributed by atoms with Gasteiger partial charge in [0.1, 0.15) is 5.82 Å². The van der Waals surface area contributed by atoms with Crippen LogP contribution in [-0.2, 0) is 0 Å². The lowest BCUT2D eigenvalue weighted by Crippen LogP contribution is -2.11. The number of nitrogens with one attached hydrogen (secondary N) is 2. The maximum Gasteiger partial charge on any atom is 0.255 e. The van der Waals surface area contributed by atoms with E-state index in [1.807, 2.05) is 60.7 Å². The van der Waals surface area contributed by atoms with Crippen LogP contribution >= 0.6 is 0 Å². The number of H-pyrrole nitrogens is 1. The molecule has 0 saturated carbocycles. The monoisotopic (exact) mass is 328 g/mol. The summed E-state index contributed by atoms with van der Waals surface area (Å²) in [6.07, 6.45) is 0. The average molecular weight is 328 g/mol. The summed E-state index contributed by atoms with van der Waals surface area (Å²) < 4.78 is 0. The third-order valence-electron chi connectivity index (χ3n) is 3.96. The van der Waals surface area contributed by atoms with Crippen molar-refractivity contribution in [3.8, 4) is 11.4 Å². The summed E-state index contributed by atoms with van der Waals surface area (Å²) in [4.78, 5) is 20.2. The molecule has 0 radical (unpaired) electrons. The van der Waals surface area contributed by atoms with Crippen LogP contribution in [0.2, 0.25) is 0 Å². The van der Waals surface area contributed by atoms with Gasteiger partial charge in [0.15, 0.2) is 0 Å². The fraction of sp³-hybridized carbons (Fsp3) is 0. The van der Waals surface area contributed by atoms with Gasteiger partial charge in [0.05, 0.1) is 11.0 Å². The molecule has 4 rings (SSSR count). The minimum Gasteiger partial charge on any atom is -0.399 e. The number of hydrogen-bond donors (Lipinski definition) is 3. The second-order valence-corrected chi connectivity index (χ2v) is 5.76. The van der Waals surface area contributed by atoms with Gasteiger partial charge in [0, 0.05) is 22.5 Å². The topological polar surface area (TPSA) is 83.8 Å². The molecule has 0 spiro atoms. The quantitative estimate of drug-likeness (QED) is 0.496. The van der Waals surface area contributed by atoms with E-state index in [4.69, 9.17) is 5.73 Å². The fourth-order valence-corrected chi connectivity index (χ4v) is 2.65. The Morgan fingerprint density at radius 3 is 2.48 bits per heavy atom. The summed E-state index contributed by atoms with van der Waals surface area (Å²) >= 11 is 0. The van der Waals surface area contributed by atoms with Crippen molar-refractivity contribution in [3.05, 3.63) is 78.4 Å². The molecular formula is C20H16N4O. The summed E-state index contributed by atoms with van der Waals surface area (Å²) in [5.41, 5.74) is 10.3. The van der Waals surface area contributed by atoms with Crippen LogP contribution < -0.4 is 11.1 Å². The van der Waals surface area contributed by atoms with Crippen LogP contribution in [0.5, 0.6) is 0 Å². The molecule has 0 aliphatic rings. The van der Waals surface area contributed by atoms with Gasteiger partial charge in [0.25, 0.3) is 5.91 Å². The lowest BCUT2D eigenvalue weighted by molar-refractivity contribution is 0.102. The zero-order chi connectivity index (χ0) is 17.2. The molecule has 0 aliphatic carbocycles. The Morgan fingerprint density at radius 1 is 0.960 bits per heavy atom. The molecule has 0 aliphatic heterocycles. The maximum absolute atomic E-state index is 12.4. The molecule has 4 N–H and O–H groups in total. The third kappa shape index (κ3) is 3.07. The summed E-state index contributed by atoms with van der Waals surface area (Å²) in [5, 5.41) is 2.88. The van der Waals surface area contributed by atoms with Crippen molar-refractivity contribution in [2.75, 3.05) is 11.1 Å². The van der Waals surface area contributed by atoms with Gasteiger partial charge < -0.3 is 16.0 Å². The van der Waals surface area contributed by atoms with E-state index in [1.54, 1.807) is 12.1 Å². The van der Waals surface area contributed by atoms with Gasteiger partial charge in [-0.3, -0.25) is 4.79 Å². The smallest absolute Gasteiger partial charge is 0.255 e. The number of carbonyl (C=O) groups is 1. The van der Waals surface area contributed by atoms with Gasteiger partial charge in [-0.15, -0.1) is 0 Å². The molecule has 5 nitrogen and oxygen atoms in total. The van der Waals surface area contributed by atoms with E-state index in [1.165, 1.54) is 0 Å². The van der Waals surface area contributed by atoms with E-state index in [2.05, 4.69) is 15.3 Å². The molecular weight excluding hydrogens is 312 g/mol. The van der Waals surface area contributed by atoms with Crippen LogP contribution in [0.25, 0.3) is 22.4 Å². The van der Waals surface area contributed by atoms with Gasteiger partial charge in [-0.1, -0.05) is 18.2 Å². The zero-order valence-electron chi connectivity index (χ0n) is 13.4. The highest BCUT2D eigenvalue weighted by molar-refractivity contribution is 6.06. The first-order chi connectivity index (χ1) is 12.2. The summed E-state index contributed by atoms with van der Waals surface area (Å²) in [6, 6.07) is 22.3. The second-order valence-electron chi connectivity index (χ2n) is 5.76. The standard InChI is InChI=1S/C20H16N4O/c21-15-9-6-13(7-10-15)19-23-17-11-8-14(12-18(17)24-19)20(25)22-16-4-2-1-3-5-16/h1-12H,21H2,(H,22,25)(H,23,24). The number of amides is 1. The molecule has 0 atom stereocenters. The number of nitrogens with zero attached hydrogens (tertiary/aromatic N) is 1. The van der Waals surface area contributed by atoms with E-state index in [0.29, 0.717) is 11.3 Å². The van der Waals surface area contributed by atoms with Crippen molar-refractivity contribution in [2.24, 2.45) is 0 Å². The number of aromatic amines is 1. The number of benzene rings is 3. The van der Waals surface area contributed by atoms with Crippen molar-refractivity contribution in [1.29, 1.82) is 0 Å². The van der Waals surface area contributed by atoms with E-state index in [-0.39, 0.29) is 5.91 Å². The minimum atomic E-state index is -0.156. The molecule has 1 aromatic heterocycles. The molecule has 4 aromatic rings. The first kappa shape index (κ1) is 15.0. The van der Waals surface area contributed by atoms with Crippen LogP contribution in [0.4, 0.5) is 11.4 Å². The molecule has 1 heterocycles. The number of nitrogen functional groups attached to an aromatic ring is 1. The number of rotatable bonds is 3. The molecule has 122 valence electrons. The van der Waals surface area contributed by atoms with Crippen LogP contribution in [0.15, 0.2) is 72.8 Å². The largest absolute Gasteiger partial charge is 0.399 e.